The summed E-state index contributed by atoms with van der Waals surface area (Å²) < 4.78 is 5.54. The predicted octanol–water partition coefficient (Wildman–Crippen LogP) is 2.98. The third kappa shape index (κ3) is 5.95. The summed E-state index contributed by atoms with van der Waals surface area (Å²) in [6, 6.07) is 7.29. The molecule has 0 aliphatic heterocycles. The Bertz CT molecular complexity index is 407. The minimum atomic E-state index is 0.127. The summed E-state index contributed by atoms with van der Waals surface area (Å²) in [5.74, 6) is 0.997. The Morgan fingerprint density at radius 3 is 2.85 bits per heavy atom. The van der Waals surface area contributed by atoms with Crippen molar-refractivity contribution >= 4 is 11.6 Å². The van der Waals surface area contributed by atoms with Crippen LogP contribution in [-0.4, -0.2) is 19.1 Å². The van der Waals surface area contributed by atoms with Crippen molar-refractivity contribution in [1.29, 1.82) is 0 Å². The molecule has 0 saturated heterocycles. The van der Waals surface area contributed by atoms with Gasteiger partial charge < -0.3 is 15.8 Å². The van der Waals surface area contributed by atoms with Crippen LogP contribution in [0.5, 0.6) is 5.75 Å². The van der Waals surface area contributed by atoms with Gasteiger partial charge in [0.1, 0.15) is 12.4 Å². The first-order chi connectivity index (χ1) is 9.67. The average molecular weight is 278 g/mol. The molecule has 0 spiro atoms. The van der Waals surface area contributed by atoms with Crippen molar-refractivity contribution in [1.82, 2.24) is 5.32 Å². The van der Waals surface area contributed by atoms with Gasteiger partial charge in [-0.1, -0.05) is 32.8 Å². The van der Waals surface area contributed by atoms with Gasteiger partial charge in [0.25, 0.3) is 0 Å². The van der Waals surface area contributed by atoms with E-state index < -0.39 is 0 Å². The van der Waals surface area contributed by atoms with Crippen molar-refractivity contribution in [3.05, 3.63) is 24.3 Å². The lowest BCUT2D eigenvalue weighted by Gasteiger charge is -2.14. The minimum absolute atomic E-state index is 0.127. The maximum absolute atomic E-state index is 12.0. The molecule has 112 valence electrons. The Kier molecular flexibility index (Phi) is 7.55. The molecule has 0 bridgehead atoms. The molecule has 0 fully saturated rings. The summed E-state index contributed by atoms with van der Waals surface area (Å²) in [5, 5.41) is 2.93. The van der Waals surface area contributed by atoms with Gasteiger partial charge in [0.15, 0.2) is 0 Å². The Labute approximate surface area is 121 Å². The molecule has 1 amide bonds. The van der Waals surface area contributed by atoms with E-state index in [0.717, 1.165) is 31.4 Å². The van der Waals surface area contributed by atoms with Crippen LogP contribution in [0, 0.1) is 5.92 Å². The summed E-state index contributed by atoms with van der Waals surface area (Å²) in [5.41, 5.74) is 6.34. The first kappa shape index (κ1) is 16.3. The van der Waals surface area contributed by atoms with Crippen LogP contribution >= 0.6 is 0 Å². The molecular formula is C16H26N2O2. The van der Waals surface area contributed by atoms with Crippen molar-refractivity contribution in [2.45, 2.75) is 39.5 Å². The van der Waals surface area contributed by atoms with Crippen molar-refractivity contribution in [2.75, 3.05) is 18.9 Å². The lowest BCUT2D eigenvalue weighted by molar-refractivity contribution is -0.125. The molecule has 0 radical (unpaired) electrons. The van der Waals surface area contributed by atoms with E-state index >= 15 is 0 Å². The highest BCUT2D eigenvalue weighted by Crippen LogP contribution is 2.14. The molecule has 4 heteroatoms. The number of nitrogens with one attached hydrogen (secondary N) is 1. The number of carbonyl (C=O) groups is 1. The van der Waals surface area contributed by atoms with E-state index in [4.69, 9.17) is 10.5 Å². The normalized spacial score (nSPS) is 11.9. The van der Waals surface area contributed by atoms with Gasteiger partial charge in [-0.25, -0.2) is 0 Å². The number of nitrogens with two attached hydrogens (primary N) is 1. The summed E-state index contributed by atoms with van der Waals surface area (Å²) >= 11 is 0. The second kappa shape index (κ2) is 9.23. The van der Waals surface area contributed by atoms with E-state index in [-0.39, 0.29) is 11.8 Å². The summed E-state index contributed by atoms with van der Waals surface area (Å²) in [4.78, 5) is 12.0. The van der Waals surface area contributed by atoms with Gasteiger partial charge in [-0.15, -0.1) is 0 Å². The molecule has 1 unspecified atom stereocenters. The monoisotopic (exact) mass is 278 g/mol. The van der Waals surface area contributed by atoms with Gasteiger partial charge in [0, 0.05) is 17.7 Å². The molecular weight excluding hydrogens is 252 g/mol. The first-order valence-electron chi connectivity index (χ1n) is 7.43. The zero-order chi connectivity index (χ0) is 14.8. The fourth-order valence-electron chi connectivity index (χ4n) is 2.06. The van der Waals surface area contributed by atoms with Crippen LogP contribution in [0.2, 0.25) is 0 Å². The van der Waals surface area contributed by atoms with Gasteiger partial charge in [0.05, 0.1) is 6.54 Å². The highest BCUT2D eigenvalue weighted by atomic mass is 16.5. The van der Waals surface area contributed by atoms with Crippen LogP contribution in [-0.2, 0) is 4.79 Å². The number of carbonyl (C=O) groups excluding carboxylic acids is 1. The number of ether oxygens (including phenoxy) is 1. The van der Waals surface area contributed by atoms with Gasteiger partial charge in [0.2, 0.25) is 5.91 Å². The Morgan fingerprint density at radius 1 is 1.40 bits per heavy atom. The van der Waals surface area contributed by atoms with Crippen molar-refractivity contribution in [2.24, 2.45) is 5.92 Å². The van der Waals surface area contributed by atoms with Gasteiger partial charge in [-0.3, -0.25) is 4.79 Å². The quantitative estimate of drug-likeness (QED) is 0.539. The Morgan fingerprint density at radius 2 is 2.20 bits per heavy atom. The number of anilines is 1. The maximum atomic E-state index is 12.0. The van der Waals surface area contributed by atoms with Crippen molar-refractivity contribution in [3.8, 4) is 5.75 Å². The van der Waals surface area contributed by atoms with Crippen LogP contribution in [0.15, 0.2) is 24.3 Å². The fourth-order valence-corrected chi connectivity index (χ4v) is 2.06. The highest BCUT2D eigenvalue weighted by Gasteiger charge is 2.14. The van der Waals surface area contributed by atoms with E-state index in [0.29, 0.717) is 18.8 Å². The third-order valence-corrected chi connectivity index (χ3v) is 3.30. The van der Waals surface area contributed by atoms with Crippen molar-refractivity contribution in [3.63, 3.8) is 0 Å². The van der Waals surface area contributed by atoms with Crippen LogP contribution in [0.4, 0.5) is 5.69 Å². The lowest BCUT2D eigenvalue weighted by Crippen LogP contribution is -2.33. The first-order valence-corrected chi connectivity index (χ1v) is 7.43. The van der Waals surface area contributed by atoms with Gasteiger partial charge in [-0.2, -0.15) is 0 Å². The molecule has 1 aromatic carbocycles. The van der Waals surface area contributed by atoms with Crippen LogP contribution in [0.25, 0.3) is 0 Å². The molecule has 3 N–H and O–H groups in total. The van der Waals surface area contributed by atoms with Crippen LogP contribution < -0.4 is 15.8 Å². The third-order valence-electron chi connectivity index (χ3n) is 3.30. The topological polar surface area (TPSA) is 64.3 Å². The summed E-state index contributed by atoms with van der Waals surface area (Å²) in [6.45, 7) is 5.18. The SMILES string of the molecule is CCCCC(CC)C(=O)NCCOc1cccc(N)c1. The highest BCUT2D eigenvalue weighted by molar-refractivity contribution is 5.78. The second-order valence-corrected chi connectivity index (χ2v) is 4.96. The average Bonchev–Trinajstić information content (AvgIpc) is 2.44. The van der Waals surface area contributed by atoms with Gasteiger partial charge in [-0.05, 0) is 25.0 Å². The molecule has 0 heterocycles. The van der Waals surface area contributed by atoms with Crippen LogP contribution in [0.1, 0.15) is 39.5 Å². The molecule has 1 atom stereocenters. The molecule has 0 aromatic heterocycles. The molecule has 0 saturated carbocycles. The summed E-state index contributed by atoms with van der Waals surface area (Å²) in [7, 11) is 0. The van der Waals surface area contributed by atoms with Gasteiger partial charge >= 0.3 is 0 Å². The lowest BCUT2D eigenvalue weighted by atomic mass is 9.98. The standard InChI is InChI=1S/C16H26N2O2/c1-3-5-7-13(4-2)16(19)18-10-11-20-15-9-6-8-14(17)12-15/h6,8-9,12-13H,3-5,7,10-11,17H2,1-2H3,(H,18,19). The molecule has 20 heavy (non-hydrogen) atoms. The summed E-state index contributed by atoms with van der Waals surface area (Å²) in [6.07, 6.45) is 4.09. The number of hydrogen-bond donors (Lipinski definition) is 2. The maximum Gasteiger partial charge on any atom is 0.223 e. The zero-order valence-corrected chi connectivity index (χ0v) is 12.5. The molecule has 0 aliphatic rings. The number of nitrogen functional groups attached to an aromatic ring is 1. The Hall–Kier alpha value is -1.71. The van der Waals surface area contributed by atoms with E-state index in [1.54, 1.807) is 6.07 Å². The van der Waals surface area contributed by atoms with Crippen LogP contribution in [0.3, 0.4) is 0 Å². The minimum Gasteiger partial charge on any atom is -0.492 e. The molecule has 0 aliphatic carbocycles. The number of benzene rings is 1. The van der Waals surface area contributed by atoms with E-state index in [9.17, 15) is 4.79 Å². The molecule has 1 rings (SSSR count). The molecule has 1 aromatic rings. The molecule has 4 nitrogen and oxygen atoms in total. The van der Waals surface area contributed by atoms with E-state index in [1.165, 1.54) is 0 Å². The van der Waals surface area contributed by atoms with E-state index in [1.807, 2.05) is 18.2 Å². The number of amides is 1. The second-order valence-electron chi connectivity index (χ2n) is 4.96. The number of unbranched alkanes of at least 4 members (excludes halogenated alkanes) is 1. The van der Waals surface area contributed by atoms with E-state index in [2.05, 4.69) is 19.2 Å². The zero-order valence-electron chi connectivity index (χ0n) is 12.5. The smallest absolute Gasteiger partial charge is 0.223 e. The largest absolute Gasteiger partial charge is 0.492 e. The number of hydrogen-bond acceptors (Lipinski definition) is 3. The Balaban J connectivity index is 2.24. The van der Waals surface area contributed by atoms with Crippen molar-refractivity contribution < 1.29 is 9.53 Å². The number of rotatable bonds is 9. The fraction of sp³-hybridized carbons (Fsp3) is 0.562. The predicted molar refractivity (Wildman–Crippen MR) is 82.7 cm³/mol.